The molecule has 0 aliphatic rings. The van der Waals surface area contributed by atoms with Gasteiger partial charge in [-0.2, -0.15) is 0 Å². The number of carbonyl (C=O) groups excluding carboxylic acids is 2. The van der Waals surface area contributed by atoms with Crippen LogP contribution in [-0.4, -0.2) is 11.8 Å². The van der Waals surface area contributed by atoms with E-state index in [0.29, 0.717) is 21.8 Å². The molecule has 0 fully saturated rings. The zero-order valence-electron chi connectivity index (χ0n) is 11.4. The summed E-state index contributed by atoms with van der Waals surface area (Å²) in [5.41, 5.74) is 12.9. The Morgan fingerprint density at radius 3 is 2.33 bits per heavy atom. The van der Waals surface area contributed by atoms with Gasteiger partial charge in [0.05, 0.1) is 5.56 Å². The Bertz CT molecular complexity index is 684. The Morgan fingerprint density at radius 1 is 1.10 bits per heavy atom. The maximum absolute atomic E-state index is 11.4. The van der Waals surface area contributed by atoms with Gasteiger partial charge in [-0.25, -0.2) is 0 Å². The monoisotopic (exact) mass is 301 g/mol. The smallest absolute Gasteiger partial charge is 0.249 e. The number of carbonyl (C=O) groups is 2. The minimum atomic E-state index is -0.514. The molecule has 2 amide bonds. The van der Waals surface area contributed by atoms with Crippen molar-refractivity contribution >= 4 is 35.0 Å². The van der Waals surface area contributed by atoms with Gasteiger partial charge >= 0.3 is 0 Å². The van der Waals surface area contributed by atoms with Crippen molar-refractivity contribution in [3.8, 4) is 0 Å². The molecule has 6 heteroatoms. The minimum absolute atomic E-state index is 0.126. The maximum Gasteiger partial charge on any atom is 0.249 e. The van der Waals surface area contributed by atoms with E-state index >= 15 is 0 Å². The number of nitrogen functional groups attached to an aromatic ring is 1. The molecule has 0 aromatic heterocycles. The lowest BCUT2D eigenvalue weighted by Crippen LogP contribution is -2.13. The van der Waals surface area contributed by atoms with Gasteiger partial charge in [0, 0.05) is 28.1 Å². The molecule has 2 aromatic rings. The predicted molar refractivity (Wildman–Crippen MR) is 84.2 cm³/mol. The summed E-state index contributed by atoms with van der Waals surface area (Å²) in [6.07, 6.45) is 0. The molecule has 5 N–H and O–H groups in total. The topological polar surface area (TPSA) is 98.2 Å². The average molecular weight is 301 g/mol. The fourth-order valence-electron chi connectivity index (χ4n) is 1.79. The number of hydrogen-bond acceptors (Lipinski definition) is 4. The summed E-state index contributed by atoms with van der Waals surface area (Å²) in [6, 6.07) is 12.3. The van der Waals surface area contributed by atoms with E-state index in [1.807, 2.05) is 12.1 Å². The molecule has 2 aromatic carbocycles. The second-order valence-electron chi connectivity index (χ2n) is 4.40. The molecule has 0 aliphatic carbocycles. The van der Waals surface area contributed by atoms with Crippen molar-refractivity contribution < 1.29 is 9.59 Å². The van der Waals surface area contributed by atoms with Crippen LogP contribution in [0.1, 0.15) is 17.3 Å². The first kappa shape index (κ1) is 14.9. The molecule has 21 heavy (non-hydrogen) atoms. The zero-order valence-corrected chi connectivity index (χ0v) is 12.2. The fourth-order valence-corrected chi connectivity index (χ4v) is 2.76. The van der Waals surface area contributed by atoms with Gasteiger partial charge in [-0.1, -0.05) is 17.8 Å². The third-order valence-electron chi connectivity index (χ3n) is 2.71. The minimum Gasteiger partial charge on any atom is -0.398 e. The quantitative estimate of drug-likeness (QED) is 0.755. The second-order valence-corrected chi connectivity index (χ2v) is 5.48. The van der Waals surface area contributed by atoms with Crippen molar-refractivity contribution in [2.75, 3.05) is 11.1 Å². The number of hydrogen-bond donors (Lipinski definition) is 3. The van der Waals surface area contributed by atoms with E-state index in [-0.39, 0.29) is 5.91 Å². The van der Waals surface area contributed by atoms with E-state index in [0.717, 1.165) is 4.90 Å². The number of nitrogens with two attached hydrogens (primary N) is 2. The van der Waals surface area contributed by atoms with Crippen LogP contribution in [0.25, 0.3) is 0 Å². The molecule has 0 unspecified atom stereocenters. The van der Waals surface area contributed by atoms with Gasteiger partial charge < -0.3 is 16.8 Å². The molecule has 0 aliphatic heterocycles. The van der Waals surface area contributed by atoms with Gasteiger partial charge in [0.25, 0.3) is 0 Å². The normalized spacial score (nSPS) is 10.1. The summed E-state index contributed by atoms with van der Waals surface area (Å²) in [7, 11) is 0. The molecule has 0 saturated carbocycles. The summed E-state index contributed by atoms with van der Waals surface area (Å²) < 4.78 is 0. The SMILES string of the molecule is CC(=O)Nc1ccc(Sc2c(N)cccc2C(N)=O)cc1. The van der Waals surface area contributed by atoms with Crippen LogP contribution in [0.5, 0.6) is 0 Å². The first-order valence-electron chi connectivity index (χ1n) is 6.21. The number of primary amides is 1. The van der Waals surface area contributed by atoms with Crippen LogP contribution in [0.15, 0.2) is 52.3 Å². The van der Waals surface area contributed by atoms with Crippen molar-refractivity contribution in [1.82, 2.24) is 0 Å². The Labute approximate surface area is 126 Å². The summed E-state index contributed by atoms with van der Waals surface area (Å²) >= 11 is 1.36. The van der Waals surface area contributed by atoms with Crippen LogP contribution < -0.4 is 16.8 Å². The largest absolute Gasteiger partial charge is 0.398 e. The number of rotatable bonds is 4. The van der Waals surface area contributed by atoms with Crippen molar-refractivity contribution in [2.45, 2.75) is 16.7 Å². The Hall–Kier alpha value is -2.47. The van der Waals surface area contributed by atoms with Gasteiger partial charge in [0.1, 0.15) is 0 Å². The molecule has 0 heterocycles. The van der Waals surface area contributed by atoms with Crippen molar-refractivity contribution in [3.63, 3.8) is 0 Å². The van der Waals surface area contributed by atoms with E-state index in [1.165, 1.54) is 18.7 Å². The third kappa shape index (κ3) is 3.76. The van der Waals surface area contributed by atoms with E-state index in [1.54, 1.807) is 30.3 Å². The van der Waals surface area contributed by atoms with Gasteiger partial charge in [-0.3, -0.25) is 9.59 Å². The van der Waals surface area contributed by atoms with Crippen LogP contribution in [-0.2, 0) is 4.79 Å². The van der Waals surface area contributed by atoms with E-state index < -0.39 is 5.91 Å². The lowest BCUT2D eigenvalue weighted by Gasteiger charge is -2.10. The van der Waals surface area contributed by atoms with Crippen LogP contribution in [0.4, 0.5) is 11.4 Å². The van der Waals surface area contributed by atoms with E-state index in [2.05, 4.69) is 5.32 Å². The molecular weight excluding hydrogens is 286 g/mol. The van der Waals surface area contributed by atoms with Crippen LogP contribution in [0, 0.1) is 0 Å². The van der Waals surface area contributed by atoms with E-state index in [9.17, 15) is 9.59 Å². The summed E-state index contributed by atoms with van der Waals surface area (Å²) in [4.78, 5) is 23.9. The lowest BCUT2D eigenvalue weighted by atomic mass is 10.2. The fraction of sp³-hybridized carbons (Fsp3) is 0.0667. The Balaban J connectivity index is 2.26. The van der Waals surface area contributed by atoms with Crippen LogP contribution >= 0.6 is 11.8 Å². The second kappa shape index (κ2) is 6.32. The summed E-state index contributed by atoms with van der Waals surface area (Å²) in [6.45, 7) is 1.45. The lowest BCUT2D eigenvalue weighted by molar-refractivity contribution is -0.114. The highest BCUT2D eigenvalue weighted by Gasteiger charge is 2.12. The Kier molecular flexibility index (Phi) is 4.49. The zero-order chi connectivity index (χ0) is 15.4. The number of amides is 2. The van der Waals surface area contributed by atoms with Gasteiger partial charge in [-0.15, -0.1) is 0 Å². The van der Waals surface area contributed by atoms with Crippen molar-refractivity contribution in [2.24, 2.45) is 5.73 Å². The predicted octanol–water partition coefficient (Wildman–Crippen LogP) is 2.48. The molecule has 108 valence electrons. The molecule has 0 saturated heterocycles. The van der Waals surface area contributed by atoms with E-state index in [4.69, 9.17) is 11.5 Å². The number of benzene rings is 2. The van der Waals surface area contributed by atoms with Crippen LogP contribution in [0.2, 0.25) is 0 Å². The standard InChI is InChI=1S/C15H15N3O2S/c1-9(19)18-10-5-7-11(8-6-10)21-14-12(15(17)20)3-2-4-13(14)16/h2-8H,16H2,1H3,(H2,17,20)(H,18,19). The Morgan fingerprint density at radius 2 is 1.76 bits per heavy atom. The molecule has 0 atom stereocenters. The first-order valence-corrected chi connectivity index (χ1v) is 7.03. The summed E-state index contributed by atoms with van der Waals surface area (Å²) in [5.74, 6) is -0.640. The summed E-state index contributed by atoms with van der Waals surface area (Å²) in [5, 5.41) is 2.69. The van der Waals surface area contributed by atoms with Gasteiger partial charge in [-0.05, 0) is 36.4 Å². The third-order valence-corrected chi connectivity index (χ3v) is 3.87. The van der Waals surface area contributed by atoms with Gasteiger partial charge in [0.2, 0.25) is 11.8 Å². The molecule has 0 radical (unpaired) electrons. The van der Waals surface area contributed by atoms with Crippen molar-refractivity contribution in [3.05, 3.63) is 48.0 Å². The first-order chi connectivity index (χ1) is 9.97. The maximum atomic E-state index is 11.4. The molecule has 0 spiro atoms. The highest BCUT2D eigenvalue weighted by molar-refractivity contribution is 7.99. The molecule has 0 bridgehead atoms. The number of nitrogens with one attached hydrogen (secondary N) is 1. The molecule has 2 rings (SSSR count). The average Bonchev–Trinajstić information content (AvgIpc) is 2.42. The highest BCUT2D eigenvalue weighted by Crippen LogP contribution is 2.35. The molecule has 5 nitrogen and oxygen atoms in total. The number of anilines is 2. The van der Waals surface area contributed by atoms with Crippen LogP contribution in [0.3, 0.4) is 0 Å². The molecular formula is C15H15N3O2S. The highest BCUT2D eigenvalue weighted by atomic mass is 32.2. The van der Waals surface area contributed by atoms with Gasteiger partial charge in [0.15, 0.2) is 0 Å². The van der Waals surface area contributed by atoms with Crippen molar-refractivity contribution in [1.29, 1.82) is 0 Å².